The lowest BCUT2D eigenvalue weighted by Crippen LogP contribution is -2.40. The second kappa shape index (κ2) is 6.56. The van der Waals surface area contributed by atoms with Gasteiger partial charge in [0.25, 0.3) is 0 Å². The molecule has 1 saturated heterocycles. The van der Waals surface area contributed by atoms with Gasteiger partial charge in [-0.15, -0.1) is 10.2 Å². The van der Waals surface area contributed by atoms with Crippen LogP contribution < -0.4 is 0 Å². The van der Waals surface area contributed by atoms with E-state index in [1.165, 1.54) is 25.7 Å². The highest BCUT2D eigenvalue weighted by atomic mass is 16.4. The number of nitrogens with zero attached hydrogens (tertiary/aromatic N) is 4. The normalized spacial score (nSPS) is 23.0. The lowest BCUT2D eigenvalue weighted by molar-refractivity contribution is -0.137. The Hall–Kier alpha value is -1.43. The summed E-state index contributed by atoms with van der Waals surface area (Å²) in [5.74, 6) is 1.49. The van der Waals surface area contributed by atoms with E-state index in [2.05, 4.69) is 19.7 Å². The van der Waals surface area contributed by atoms with Crippen molar-refractivity contribution >= 4 is 5.97 Å². The number of aromatic nitrogens is 3. The SMILES string of the molecule is O=C(O)CCC1CCCCN1Cc1nnc2n1CCCC2. The number of carbonyl (C=O) groups is 1. The molecule has 1 unspecified atom stereocenters. The highest BCUT2D eigenvalue weighted by Crippen LogP contribution is 2.24. The van der Waals surface area contributed by atoms with Crippen molar-refractivity contribution < 1.29 is 9.90 Å². The molecule has 0 saturated carbocycles. The van der Waals surface area contributed by atoms with E-state index in [0.717, 1.165) is 50.5 Å². The van der Waals surface area contributed by atoms with Crippen molar-refractivity contribution in [1.29, 1.82) is 0 Å². The zero-order valence-electron chi connectivity index (χ0n) is 12.5. The first-order chi connectivity index (χ1) is 10.2. The Bertz CT molecular complexity index is 500. The fourth-order valence-electron chi connectivity index (χ4n) is 3.55. The molecule has 0 bridgehead atoms. The molecule has 0 amide bonds. The van der Waals surface area contributed by atoms with Crippen LogP contribution in [0.4, 0.5) is 0 Å². The van der Waals surface area contributed by atoms with Gasteiger partial charge in [-0.1, -0.05) is 6.42 Å². The predicted molar refractivity (Wildman–Crippen MR) is 77.9 cm³/mol. The number of carboxylic acids is 1. The van der Waals surface area contributed by atoms with Crippen LogP contribution in [0.3, 0.4) is 0 Å². The topological polar surface area (TPSA) is 71.2 Å². The third-order valence-corrected chi connectivity index (χ3v) is 4.72. The van der Waals surface area contributed by atoms with Crippen molar-refractivity contribution in [2.24, 2.45) is 0 Å². The number of aryl methyl sites for hydroxylation is 1. The number of aliphatic carboxylic acids is 1. The maximum atomic E-state index is 10.8. The van der Waals surface area contributed by atoms with Crippen LogP contribution in [0, 0.1) is 0 Å². The summed E-state index contributed by atoms with van der Waals surface area (Å²) in [5, 5.41) is 17.6. The van der Waals surface area contributed by atoms with Gasteiger partial charge >= 0.3 is 5.97 Å². The summed E-state index contributed by atoms with van der Waals surface area (Å²) in [6.07, 6.45) is 7.98. The van der Waals surface area contributed by atoms with E-state index in [4.69, 9.17) is 5.11 Å². The average Bonchev–Trinajstić information content (AvgIpc) is 2.90. The Labute approximate surface area is 125 Å². The molecule has 3 heterocycles. The molecule has 0 aromatic carbocycles. The molecular formula is C15H24N4O2. The van der Waals surface area contributed by atoms with Gasteiger partial charge in [-0.2, -0.15) is 0 Å². The van der Waals surface area contributed by atoms with Gasteiger partial charge < -0.3 is 9.67 Å². The quantitative estimate of drug-likeness (QED) is 0.896. The number of fused-ring (bicyclic) bond motifs is 1. The summed E-state index contributed by atoms with van der Waals surface area (Å²) < 4.78 is 2.27. The van der Waals surface area contributed by atoms with E-state index in [1.54, 1.807) is 0 Å². The zero-order valence-corrected chi connectivity index (χ0v) is 12.5. The molecule has 0 spiro atoms. The molecule has 0 radical (unpaired) electrons. The first-order valence-corrected chi connectivity index (χ1v) is 8.11. The number of hydrogen-bond donors (Lipinski definition) is 1. The van der Waals surface area contributed by atoms with Crippen LogP contribution in [-0.4, -0.2) is 43.3 Å². The molecule has 1 aromatic rings. The molecule has 1 aromatic heterocycles. The summed E-state index contributed by atoms with van der Waals surface area (Å²) in [5.41, 5.74) is 0. The van der Waals surface area contributed by atoms with E-state index < -0.39 is 5.97 Å². The second-order valence-corrected chi connectivity index (χ2v) is 6.19. The summed E-state index contributed by atoms with van der Waals surface area (Å²) in [6.45, 7) is 2.90. The molecule has 6 nitrogen and oxygen atoms in total. The van der Waals surface area contributed by atoms with Gasteiger partial charge in [-0.05, 0) is 38.6 Å². The van der Waals surface area contributed by atoms with Crippen LogP contribution in [0.2, 0.25) is 0 Å². The highest BCUT2D eigenvalue weighted by Gasteiger charge is 2.25. The molecule has 116 valence electrons. The van der Waals surface area contributed by atoms with E-state index in [1.807, 2.05) is 0 Å². The number of rotatable bonds is 5. The Balaban J connectivity index is 1.66. The number of likely N-dealkylation sites (tertiary alicyclic amines) is 1. The van der Waals surface area contributed by atoms with Crippen LogP contribution in [0.25, 0.3) is 0 Å². The van der Waals surface area contributed by atoms with Gasteiger partial charge in [0.1, 0.15) is 11.6 Å². The van der Waals surface area contributed by atoms with E-state index >= 15 is 0 Å². The van der Waals surface area contributed by atoms with Crippen molar-refractivity contribution in [1.82, 2.24) is 19.7 Å². The molecule has 21 heavy (non-hydrogen) atoms. The summed E-state index contributed by atoms with van der Waals surface area (Å²) in [7, 11) is 0. The Morgan fingerprint density at radius 3 is 2.90 bits per heavy atom. The van der Waals surface area contributed by atoms with Gasteiger partial charge in [0, 0.05) is 25.4 Å². The van der Waals surface area contributed by atoms with Crippen molar-refractivity contribution in [3.05, 3.63) is 11.6 Å². The maximum Gasteiger partial charge on any atom is 0.303 e. The Morgan fingerprint density at radius 2 is 2.05 bits per heavy atom. The van der Waals surface area contributed by atoms with Crippen molar-refractivity contribution in [2.75, 3.05) is 6.54 Å². The smallest absolute Gasteiger partial charge is 0.303 e. The first kappa shape index (κ1) is 14.5. The van der Waals surface area contributed by atoms with Crippen LogP contribution >= 0.6 is 0 Å². The monoisotopic (exact) mass is 292 g/mol. The molecule has 6 heteroatoms. The third kappa shape index (κ3) is 3.43. The van der Waals surface area contributed by atoms with Crippen LogP contribution in [-0.2, 0) is 24.3 Å². The number of piperidine rings is 1. The Morgan fingerprint density at radius 1 is 1.19 bits per heavy atom. The minimum absolute atomic E-state index is 0.263. The zero-order chi connectivity index (χ0) is 14.7. The molecular weight excluding hydrogens is 268 g/mol. The standard InChI is InChI=1S/C15H24N4O2/c20-15(21)8-7-12-5-1-3-9-18(12)11-14-17-16-13-6-2-4-10-19(13)14/h12H,1-11H2,(H,20,21). The fraction of sp³-hybridized carbons (Fsp3) is 0.800. The minimum Gasteiger partial charge on any atom is -0.481 e. The predicted octanol–water partition coefficient (Wildman–Crippen LogP) is 1.83. The molecule has 3 rings (SSSR count). The fourth-order valence-corrected chi connectivity index (χ4v) is 3.55. The lowest BCUT2D eigenvalue weighted by atomic mass is 9.98. The summed E-state index contributed by atoms with van der Waals surface area (Å²) >= 11 is 0. The Kier molecular flexibility index (Phi) is 4.53. The first-order valence-electron chi connectivity index (χ1n) is 8.11. The average molecular weight is 292 g/mol. The number of hydrogen-bond acceptors (Lipinski definition) is 4. The summed E-state index contributed by atoms with van der Waals surface area (Å²) in [6, 6.07) is 0.381. The van der Waals surface area contributed by atoms with E-state index in [9.17, 15) is 4.79 Å². The van der Waals surface area contributed by atoms with Crippen molar-refractivity contribution in [3.63, 3.8) is 0 Å². The van der Waals surface area contributed by atoms with Crippen LogP contribution in [0.1, 0.15) is 56.6 Å². The molecule has 1 atom stereocenters. The second-order valence-electron chi connectivity index (χ2n) is 6.19. The summed E-state index contributed by atoms with van der Waals surface area (Å²) in [4.78, 5) is 13.2. The van der Waals surface area contributed by atoms with Crippen molar-refractivity contribution in [3.8, 4) is 0 Å². The van der Waals surface area contributed by atoms with Crippen molar-refractivity contribution in [2.45, 2.75) is 70.5 Å². The molecule has 1 fully saturated rings. The molecule has 2 aliphatic rings. The molecule has 1 N–H and O–H groups in total. The van der Waals surface area contributed by atoms with E-state index in [0.29, 0.717) is 6.04 Å². The molecule has 2 aliphatic heterocycles. The third-order valence-electron chi connectivity index (χ3n) is 4.72. The lowest BCUT2D eigenvalue weighted by Gasteiger charge is -2.35. The van der Waals surface area contributed by atoms with Crippen LogP contribution in [0.15, 0.2) is 0 Å². The largest absolute Gasteiger partial charge is 0.481 e. The van der Waals surface area contributed by atoms with Gasteiger partial charge in [0.05, 0.1) is 6.54 Å². The van der Waals surface area contributed by atoms with Gasteiger partial charge in [-0.3, -0.25) is 9.69 Å². The van der Waals surface area contributed by atoms with Gasteiger partial charge in [0.15, 0.2) is 0 Å². The minimum atomic E-state index is -0.694. The number of carboxylic acid groups (broad SMARTS) is 1. The van der Waals surface area contributed by atoms with Gasteiger partial charge in [-0.25, -0.2) is 0 Å². The van der Waals surface area contributed by atoms with Gasteiger partial charge in [0.2, 0.25) is 0 Å². The van der Waals surface area contributed by atoms with Crippen LogP contribution in [0.5, 0.6) is 0 Å². The maximum absolute atomic E-state index is 10.8. The van der Waals surface area contributed by atoms with E-state index in [-0.39, 0.29) is 6.42 Å². The molecule has 0 aliphatic carbocycles. The highest BCUT2D eigenvalue weighted by molar-refractivity contribution is 5.66.